The number of hydrogen-bond donors (Lipinski definition) is 2. The number of benzene rings is 3. The lowest BCUT2D eigenvalue weighted by molar-refractivity contribution is 0.567. The van der Waals surface area contributed by atoms with E-state index in [1.165, 1.54) is 11.1 Å². The van der Waals surface area contributed by atoms with Gasteiger partial charge in [-0.3, -0.25) is 0 Å². The first-order chi connectivity index (χ1) is 13.5. The van der Waals surface area contributed by atoms with Crippen LogP contribution in [0.3, 0.4) is 0 Å². The van der Waals surface area contributed by atoms with Crippen LogP contribution in [-0.2, 0) is 16.3 Å². The predicted octanol–water partition coefficient (Wildman–Crippen LogP) is 4.10. The second-order valence-electron chi connectivity index (χ2n) is 7.15. The van der Waals surface area contributed by atoms with Gasteiger partial charge in [0.2, 0.25) is 9.84 Å². The standard InChI is InChI=1S/C23H24N2O2S/c1-16-7-9-18(10-8-16)28(26,27)19-11-12-22(24-2)21(15-19)23-20-6-4-3-5-17(20)13-14-25-23/h3-12,15,23-25H,13-14H2,1-2H3/t23-/m1/s1. The fourth-order valence-electron chi connectivity index (χ4n) is 3.81. The Kier molecular flexibility index (Phi) is 4.96. The summed E-state index contributed by atoms with van der Waals surface area (Å²) in [5, 5.41) is 6.77. The molecule has 0 saturated carbocycles. The summed E-state index contributed by atoms with van der Waals surface area (Å²) in [6.07, 6.45) is 0.975. The first-order valence-corrected chi connectivity index (χ1v) is 10.9. The quantitative estimate of drug-likeness (QED) is 0.702. The average Bonchev–Trinajstić information content (AvgIpc) is 2.73. The van der Waals surface area contributed by atoms with E-state index in [0.29, 0.717) is 9.79 Å². The largest absolute Gasteiger partial charge is 0.388 e. The minimum absolute atomic E-state index is 0.0411. The van der Waals surface area contributed by atoms with Crippen molar-refractivity contribution >= 4 is 15.5 Å². The summed E-state index contributed by atoms with van der Waals surface area (Å²) in [5.74, 6) is 0. The van der Waals surface area contributed by atoms with Gasteiger partial charge in [-0.1, -0.05) is 42.0 Å². The highest BCUT2D eigenvalue weighted by Crippen LogP contribution is 2.35. The summed E-state index contributed by atoms with van der Waals surface area (Å²) in [7, 11) is -1.71. The molecule has 2 N–H and O–H groups in total. The second kappa shape index (κ2) is 7.41. The summed E-state index contributed by atoms with van der Waals surface area (Å²) in [5.41, 5.74) is 5.42. The van der Waals surface area contributed by atoms with E-state index in [2.05, 4.69) is 28.8 Å². The van der Waals surface area contributed by atoms with Crippen LogP contribution in [0.2, 0.25) is 0 Å². The number of rotatable bonds is 4. The van der Waals surface area contributed by atoms with Crippen LogP contribution < -0.4 is 10.6 Å². The molecule has 28 heavy (non-hydrogen) atoms. The number of anilines is 1. The molecule has 0 unspecified atom stereocenters. The Morgan fingerprint density at radius 3 is 2.39 bits per heavy atom. The van der Waals surface area contributed by atoms with E-state index in [9.17, 15) is 8.42 Å². The Morgan fingerprint density at radius 2 is 1.64 bits per heavy atom. The molecule has 0 spiro atoms. The molecular weight excluding hydrogens is 368 g/mol. The van der Waals surface area contributed by atoms with Gasteiger partial charge in [-0.2, -0.15) is 0 Å². The number of aryl methyl sites for hydroxylation is 1. The molecule has 0 aromatic heterocycles. The van der Waals surface area contributed by atoms with Crippen molar-refractivity contribution in [2.75, 3.05) is 18.9 Å². The first kappa shape index (κ1) is 18.7. The van der Waals surface area contributed by atoms with Crippen molar-refractivity contribution in [1.29, 1.82) is 0 Å². The lowest BCUT2D eigenvalue weighted by Crippen LogP contribution is -2.31. The van der Waals surface area contributed by atoms with Crippen molar-refractivity contribution in [1.82, 2.24) is 5.32 Å². The Labute approximate surface area is 166 Å². The van der Waals surface area contributed by atoms with Crippen molar-refractivity contribution in [3.63, 3.8) is 0 Å². The maximum absolute atomic E-state index is 13.2. The molecule has 1 heterocycles. The molecule has 4 rings (SSSR count). The summed E-state index contributed by atoms with van der Waals surface area (Å²) >= 11 is 0. The first-order valence-electron chi connectivity index (χ1n) is 9.45. The van der Waals surface area contributed by atoms with Crippen molar-refractivity contribution in [3.05, 3.63) is 89.0 Å². The van der Waals surface area contributed by atoms with Crippen LogP contribution in [0.25, 0.3) is 0 Å². The van der Waals surface area contributed by atoms with Crippen LogP contribution in [0.15, 0.2) is 76.5 Å². The van der Waals surface area contributed by atoms with Gasteiger partial charge in [0.25, 0.3) is 0 Å². The van der Waals surface area contributed by atoms with Gasteiger partial charge in [0.1, 0.15) is 0 Å². The second-order valence-corrected chi connectivity index (χ2v) is 9.10. The van der Waals surface area contributed by atoms with E-state index in [1.807, 2.05) is 38.2 Å². The maximum atomic E-state index is 13.2. The van der Waals surface area contributed by atoms with E-state index in [4.69, 9.17) is 0 Å². The number of fused-ring (bicyclic) bond motifs is 1. The maximum Gasteiger partial charge on any atom is 0.206 e. The monoisotopic (exact) mass is 392 g/mol. The van der Waals surface area contributed by atoms with Crippen molar-refractivity contribution in [2.45, 2.75) is 29.2 Å². The molecule has 1 aliphatic rings. The zero-order chi connectivity index (χ0) is 19.7. The summed E-state index contributed by atoms with van der Waals surface area (Å²) in [6, 6.07) is 20.7. The molecule has 0 bridgehead atoms. The molecule has 0 amide bonds. The third kappa shape index (κ3) is 3.32. The van der Waals surface area contributed by atoms with Gasteiger partial charge in [-0.05, 0) is 60.4 Å². The van der Waals surface area contributed by atoms with Gasteiger partial charge in [-0.25, -0.2) is 8.42 Å². The van der Waals surface area contributed by atoms with Crippen LogP contribution in [0, 0.1) is 6.92 Å². The fraction of sp³-hybridized carbons (Fsp3) is 0.217. The minimum Gasteiger partial charge on any atom is -0.388 e. The van der Waals surface area contributed by atoms with Gasteiger partial charge in [-0.15, -0.1) is 0 Å². The third-order valence-electron chi connectivity index (χ3n) is 5.35. The van der Waals surface area contributed by atoms with Gasteiger partial charge >= 0.3 is 0 Å². The number of nitrogens with one attached hydrogen (secondary N) is 2. The molecule has 1 aliphatic heterocycles. The molecule has 5 heteroatoms. The highest BCUT2D eigenvalue weighted by Gasteiger charge is 2.26. The molecule has 0 aliphatic carbocycles. The van der Waals surface area contributed by atoms with Crippen molar-refractivity contribution < 1.29 is 8.42 Å². The van der Waals surface area contributed by atoms with Crippen LogP contribution in [0.5, 0.6) is 0 Å². The van der Waals surface area contributed by atoms with Crippen molar-refractivity contribution in [3.8, 4) is 0 Å². The SMILES string of the molecule is CNc1ccc(S(=O)(=O)c2ccc(C)cc2)cc1[C@@H]1NCCc2ccccc21. The van der Waals surface area contributed by atoms with E-state index >= 15 is 0 Å². The Bertz CT molecular complexity index is 1110. The zero-order valence-electron chi connectivity index (χ0n) is 16.1. The molecule has 144 valence electrons. The number of sulfone groups is 1. The topological polar surface area (TPSA) is 58.2 Å². The van der Waals surface area contributed by atoms with Gasteiger partial charge in [0.05, 0.1) is 15.8 Å². The summed E-state index contributed by atoms with van der Waals surface area (Å²) in [4.78, 5) is 0.633. The molecule has 4 nitrogen and oxygen atoms in total. The minimum atomic E-state index is -3.57. The molecule has 1 atom stereocenters. The van der Waals surface area contributed by atoms with Gasteiger partial charge < -0.3 is 10.6 Å². The van der Waals surface area contributed by atoms with Gasteiger partial charge in [0, 0.05) is 19.3 Å². The Morgan fingerprint density at radius 1 is 0.929 bits per heavy atom. The lowest BCUT2D eigenvalue weighted by atomic mass is 9.89. The fourth-order valence-corrected chi connectivity index (χ4v) is 5.11. The molecule has 0 fully saturated rings. The van der Waals surface area contributed by atoms with E-state index in [-0.39, 0.29) is 6.04 Å². The lowest BCUT2D eigenvalue weighted by Gasteiger charge is -2.29. The molecule has 3 aromatic carbocycles. The molecule has 0 saturated heterocycles. The van der Waals surface area contributed by atoms with Crippen LogP contribution >= 0.6 is 0 Å². The molecular formula is C23H24N2O2S. The predicted molar refractivity (Wildman–Crippen MR) is 113 cm³/mol. The highest BCUT2D eigenvalue weighted by molar-refractivity contribution is 7.91. The van der Waals surface area contributed by atoms with Crippen LogP contribution in [0.4, 0.5) is 5.69 Å². The van der Waals surface area contributed by atoms with E-state index in [0.717, 1.165) is 29.8 Å². The highest BCUT2D eigenvalue weighted by atomic mass is 32.2. The molecule has 3 aromatic rings. The average molecular weight is 393 g/mol. The van der Waals surface area contributed by atoms with Crippen LogP contribution in [0.1, 0.15) is 28.3 Å². The Balaban J connectivity index is 1.83. The summed E-state index contributed by atoms with van der Waals surface area (Å²) < 4.78 is 26.4. The third-order valence-corrected chi connectivity index (χ3v) is 7.12. The normalized spacial score (nSPS) is 16.4. The van der Waals surface area contributed by atoms with Gasteiger partial charge in [0.15, 0.2) is 0 Å². The Hall–Kier alpha value is -2.63. The smallest absolute Gasteiger partial charge is 0.206 e. The zero-order valence-corrected chi connectivity index (χ0v) is 16.9. The van der Waals surface area contributed by atoms with E-state index < -0.39 is 9.84 Å². The van der Waals surface area contributed by atoms with Crippen molar-refractivity contribution in [2.24, 2.45) is 0 Å². The summed E-state index contributed by atoms with van der Waals surface area (Å²) in [6.45, 7) is 2.81. The molecule has 0 radical (unpaired) electrons. The van der Waals surface area contributed by atoms with Crippen LogP contribution in [-0.4, -0.2) is 22.0 Å². The van der Waals surface area contributed by atoms with E-state index in [1.54, 1.807) is 24.3 Å². The number of hydrogen-bond acceptors (Lipinski definition) is 4.